The Hall–Kier alpha value is -1.63. The van der Waals surface area contributed by atoms with Gasteiger partial charge in [0.1, 0.15) is 0 Å². The van der Waals surface area contributed by atoms with Gasteiger partial charge in [0.05, 0.1) is 21.4 Å². The van der Waals surface area contributed by atoms with Gasteiger partial charge in [-0.25, -0.2) is 4.98 Å². The smallest absolute Gasteiger partial charge is 0.315 e. The number of carbonyl (C=O) groups excluding carboxylic acids is 2. The summed E-state index contributed by atoms with van der Waals surface area (Å²) >= 11 is 13.1. The Balaban J connectivity index is 2.08. The molecule has 21 heavy (non-hydrogen) atoms. The molecule has 1 aromatic carbocycles. The number of hydrogen-bond donors (Lipinski definition) is 2. The number of halogens is 2. The van der Waals surface area contributed by atoms with Crippen LogP contribution in [0.4, 0.5) is 10.8 Å². The molecule has 0 atom stereocenters. The number of aromatic nitrogens is 1. The molecule has 8 heteroatoms. The fraction of sp³-hybridized carbons (Fsp3) is 0.154. The third kappa shape index (κ3) is 3.72. The average Bonchev–Trinajstić information content (AvgIpc) is 2.72. The number of hydrogen-bond acceptors (Lipinski definition) is 4. The Morgan fingerprint density at radius 1 is 1.10 bits per heavy atom. The third-order valence-corrected chi connectivity index (χ3v) is 4.27. The molecule has 0 aliphatic heterocycles. The van der Waals surface area contributed by atoms with Crippen LogP contribution in [0, 0.1) is 13.8 Å². The minimum absolute atomic E-state index is 0.201. The first-order chi connectivity index (χ1) is 9.88. The number of aryl methyl sites for hydroxylation is 2. The molecular formula is C13H11Cl2N3O2S. The highest BCUT2D eigenvalue weighted by atomic mass is 35.5. The van der Waals surface area contributed by atoms with E-state index in [2.05, 4.69) is 15.6 Å². The number of carbonyl (C=O) groups is 2. The van der Waals surface area contributed by atoms with Crippen molar-refractivity contribution in [2.24, 2.45) is 0 Å². The van der Waals surface area contributed by atoms with E-state index in [4.69, 9.17) is 23.2 Å². The maximum atomic E-state index is 11.8. The molecule has 0 aliphatic carbocycles. The van der Waals surface area contributed by atoms with Crippen LogP contribution in [0.5, 0.6) is 0 Å². The Morgan fingerprint density at radius 3 is 2.19 bits per heavy atom. The van der Waals surface area contributed by atoms with Crippen LogP contribution < -0.4 is 10.6 Å². The molecule has 1 heterocycles. The second-order valence-electron chi connectivity index (χ2n) is 4.17. The molecule has 1 aromatic heterocycles. The summed E-state index contributed by atoms with van der Waals surface area (Å²) < 4.78 is 0. The summed E-state index contributed by atoms with van der Waals surface area (Å²) in [4.78, 5) is 28.8. The average molecular weight is 344 g/mol. The van der Waals surface area contributed by atoms with Crippen LogP contribution >= 0.6 is 34.5 Å². The van der Waals surface area contributed by atoms with Crippen molar-refractivity contribution in [3.05, 3.63) is 38.8 Å². The first-order valence-electron chi connectivity index (χ1n) is 5.89. The fourth-order valence-corrected chi connectivity index (χ4v) is 2.77. The predicted molar refractivity (Wildman–Crippen MR) is 85.3 cm³/mol. The Morgan fingerprint density at radius 2 is 1.67 bits per heavy atom. The van der Waals surface area contributed by atoms with Crippen LogP contribution in [0.25, 0.3) is 0 Å². The summed E-state index contributed by atoms with van der Waals surface area (Å²) in [5.41, 5.74) is 1.01. The third-order valence-electron chi connectivity index (χ3n) is 2.66. The van der Waals surface area contributed by atoms with Gasteiger partial charge in [0.25, 0.3) is 0 Å². The van der Waals surface area contributed by atoms with E-state index in [0.29, 0.717) is 5.13 Å². The van der Waals surface area contributed by atoms with Crippen molar-refractivity contribution in [2.45, 2.75) is 13.8 Å². The van der Waals surface area contributed by atoms with Gasteiger partial charge < -0.3 is 5.32 Å². The van der Waals surface area contributed by atoms with Gasteiger partial charge in [-0.2, -0.15) is 0 Å². The maximum absolute atomic E-state index is 11.8. The molecule has 0 aliphatic rings. The van der Waals surface area contributed by atoms with E-state index in [0.717, 1.165) is 10.6 Å². The van der Waals surface area contributed by atoms with E-state index in [1.807, 2.05) is 13.8 Å². The topological polar surface area (TPSA) is 71.1 Å². The van der Waals surface area contributed by atoms with Crippen LogP contribution in [-0.4, -0.2) is 16.8 Å². The summed E-state index contributed by atoms with van der Waals surface area (Å²) in [6, 6.07) is 4.77. The molecule has 2 N–H and O–H groups in total. The van der Waals surface area contributed by atoms with E-state index in [1.54, 1.807) is 18.2 Å². The number of nitrogens with zero attached hydrogens (tertiary/aromatic N) is 1. The highest BCUT2D eigenvalue weighted by molar-refractivity contribution is 7.15. The molecule has 0 radical (unpaired) electrons. The van der Waals surface area contributed by atoms with Crippen LogP contribution in [0.3, 0.4) is 0 Å². The predicted octanol–water partition coefficient (Wildman–Crippen LogP) is 3.64. The molecule has 0 spiro atoms. The van der Waals surface area contributed by atoms with Gasteiger partial charge in [0, 0.05) is 4.88 Å². The second-order valence-corrected chi connectivity index (χ2v) is 6.18. The van der Waals surface area contributed by atoms with Gasteiger partial charge in [-0.1, -0.05) is 29.3 Å². The molecule has 2 amide bonds. The van der Waals surface area contributed by atoms with Crippen molar-refractivity contribution in [1.82, 2.24) is 4.98 Å². The van der Waals surface area contributed by atoms with Gasteiger partial charge in [0.2, 0.25) is 0 Å². The lowest BCUT2D eigenvalue weighted by atomic mass is 10.3. The molecule has 0 saturated carbocycles. The van der Waals surface area contributed by atoms with Gasteiger partial charge in [-0.15, -0.1) is 11.3 Å². The van der Waals surface area contributed by atoms with E-state index in [9.17, 15) is 9.59 Å². The molecule has 0 bridgehead atoms. The van der Waals surface area contributed by atoms with Gasteiger partial charge >= 0.3 is 11.8 Å². The van der Waals surface area contributed by atoms with E-state index in [-0.39, 0.29) is 15.7 Å². The van der Waals surface area contributed by atoms with Crippen molar-refractivity contribution in [3.63, 3.8) is 0 Å². The van der Waals surface area contributed by atoms with Crippen LogP contribution in [0.15, 0.2) is 18.2 Å². The number of thiazole rings is 1. The number of rotatable bonds is 2. The SMILES string of the molecule is Cc1nc(NC(=O)C(=O)Nc2c(Cl)cccc2Cl)sc1C. The Labute approximate surface area is 135 Å². The lowest BCUT2D eigenvalue weighted by molar-refractivity contribution is -0.132. The monoisotopic (exact) mass is 343 g/mol. The van der Waals surface area contributed by atoms with E-state index in [1.165, 1.54) is 11.3 Å². The zero-order chi connectivity index (χ0) is 15.6. The van der Waals surface area contributed by atoms with Crippen LogP contribution in [-0.2, 0) is 9.59 Å². The number of para-hydroxylation sites is 1. The van der Waals surface area contributed by atoms with E-state index < -0.39 is 11.8 Å². The van der Waals surface area contributed by atoms with Crippen LogP contribution in [0.1, 0.15) is 10.6 Å². The highest BCUT2D eigenvalue weighted by Gasteiger charge is 2.18. The van der Waals surface area contributed by atoms with Crippen molar-refractivity contribution in [3.8, 4) is 0 Å². The molecule has 0 saturated heterocycles. The zero-order valence-electron chi connectivity index (χ0n) is 11.2. The van der Waals surface area contributed by atoms with Crippen molar-refractivity contribution < 1.29 is 9.59 Å². The first kappa shape index (κ1) is 15.8. The molecule has 2 aromatic rings. The molecule has 2 rings (SSSR count). The molecule has 0 unspecified atom stereocenters. The van der Waals surface area contributed by atoms with Crippen molar-refractivity contribution in [1.29, 1.82) is 0 Å². The number of amides is 2. The lowest BCUT2D eigenvalue weighted by Gasteiger charge is -2.08. The van der Waals surface area contributed by atoms with Crippen LogP contribution in [0.2, 0.25) is 10.0 Å². The molecular weight excluding hydrogens is 333 g/mol. The first-order valence-corrected chi connectivity index (χ1v) is 7.46. The normalized spacial score (nSPS) is 10.3. The van der Waals surface area contributed by atoms with Crippen molar-refractivity contribution >= 4 is 57.2 Å². The zero-order valence-corrected chi connectivity index (χ0v) is 13.5. The van der Waals surface area contributed by atoms with Gasteiger partial charge in [-0.05, 0) is 26.0 Å². The number of nitrogens with one attached hydrogen (secondary N) is 2. The standard InChI is InChI=1S/C13H11Cl2N3O2S/c1-6-7(2)21-13(16-6)18-12(20)11(19)17-10-8(14)4-3-5-9(10)15/h3-5H,1-2H3,(H,17,19)(H,16,18,20). The fourth-order valence-electron chi connectivity index (χ4n) is 1.47. The Bertz CT molecular complexity index is 676. The summed E-state index contributed by atoms with van der Waals surface area (Å²) in [5, 5.41) is 5.69. The lowest BCUT2D eigenvalue weighted by Crippen LogP contribution is -2.29. The van der Waals surface area contributed by atoms with Gasteiger partial charge in [-0.3, -0.25) is 14.9 Å². The molecule has 5 nitrogen and oxygen atoms in total. The summed E-state index contributed by atoms with van der Waals surface area (Å²) in [6.07, 6.45) is 0. The largest absolute Gasteiger partial charge is 0.315 e. The summed E-state index contributed by atoms with van der Waals surface area (Å²) in [5.74, 6) is -1.70. The van der Waals surface area contributed by atoms with Crippen molar-refractivity contribution in [2.75, 3.05) is 10.6 Å². The highest BCUT2D eigenvalue weighted by Crippen LogP contribution is 2.29. The Kier molecular flexibility index (Phi) is 4.82. The molecule has 0 fully saturated rings. The minimum atomic E-state index is -0.865. The number of anilines is 2. The summed E-state index contributed by atoms with van der Waals surface area (Å²) in [7, 11) is 0. The molecule has 110 valence electrons. The maximum Gasteiger partial charge on any atom is 0.315 e. The summed E-state index contributed by atoms with van der Waals surface area (Å²) in [6.45, 7) is 3.71. The van der Waals surface area contributed by atoms with Gasteiger partial charge in [0.15, 0.2) is 5.13 Å². The number of benzene rings is 1. The van der Waals surface area contributed by atoms with E-state index >= 15 is 0 Å². The quantitative estimate of drug-likeness (QED) is 0.817. The second kappa shape index (κ2) is 6.43. The minimum Gasteiger partial charge on any atom is -0.315 e.